The van der Waals surface area contributed by atoms with E-state index in [2.05, 4.69) is 17.1 Å². The highest BCUT2D eigenvalue weighted by Crippen LogP contribution is 2.33. The van der Waals surface area contributed by atoms with Crippen LogP contribution in [-0.2, 0) is 29.1 Å². The van der Waals surface area contributed by atoms with Crippen molar-refractivity contribution in [3.63, 3.8) is 0 Å². The Bertz CT molecular complexity index is 1250. The summed E-state index contributed by atoms with van der Waals surface area (Å²) in [6, 6.07) is 17.6. The molecule has 0 amide bonds. The number of nitrogens with zero attached hydrogens (tertiary/aromatic N) is 1. The maximum Gasteiger partial charge on any atom is 0.310 e. The summed E-state index contributed by atoms with van der Waals surface area (Å²) in [5, 5.41) is 1.00. The molecule has 0 saturated carbocycles. The predicted octanol–water partition coefficient (Wildman–Crippen LogP) is 4.95. The Morgan fingerprint density at radius 3 is 2.78 bits per heavy atom. The summed E-state index contributed by atoms with van der Waals surface area (Å²) in [6.07, 6.45) is 1.93. The van der Waals surface area contributed by atoms with Crippen LogP contribution in [0.3, 0.4) is 0 Å². The lowest BCUT2D eigenvalue weighted by atomic mass is 10.0. The molecule has 0 aliphatic carbocycles. The molecule has 2 aromatic heterocycles. The molecule has 0 aliphatic rings. The summed E-state index contributed by atoms with van der Waals surface area (Å²) >= 11 is 0. The smallest absolute Gasteiger partial charge is 0.310 e. The van der Waals surface area contributed by atoms with Crippen molar-refractivity contribution >= 4 is 16.9 Å². The molecule has 0 atom stereocenters. The lowest BCUT2D eigenvalue weighted by Gasteiger charge is -2.13. The summed E-state index contributed by atoms with van der Waals surface area (Å²) in [7, 11) is 0. The lowest BCUT2D eigenvalue weighted by Crippen LogP contribution is -2.09. The highest BCUT2D eigenvalue weighted by atomic mass is 16.5. The molecule has 32 heavy (non-hydrogen) atoms. The number of para-hydroxylation sites is 1. The van der Waals surface area contributed by atoms with E-state index < -0.39 is 0 Å². The van der Waals surface area contributed by atoms with E-state index in [0.29, 0.717) is 25.5 Å². The molecule has 0 unspecified atom stereocenters. The zero-order valence-electron chi connectivity index (χ0n) is 18.3. The average molecular weight is 431 g/mol. The largest absolute Gasteiger partial charge is 0.489 e. The van der Waals surface area contributed by atoms with Gasteiger partial charge in [-0.3, -0.25) is 9.78 Å². The number of rotatable bonds is 8. The number of furan rings is 1. The molecular formula is C26H26N2O4. The first kappa shape index (κ1) is 21.6. The minimum atomic E-state index is -0.269. The van der Waals surface area contributed by atoms with E-state index in [1.165, 1.54) is 0 Å². The Kier molecular flexibility index (Phi) is 6.52. The molecule has 0 spiro atoms. The summed E-state index contributed by atoms with van der Waals surface area (Å²) in [5.41, 5.74) is 11.2. The summed E-state index contributed by atoms with van der Waals surface area (Å²) in [6.45, 7) is 4.81. The van der Waals surface area contributed by atoms with Gasteiger partial charge in [0.15, 0.2) is 0 Å². The Morgan fingerprint density at radius 1 is 1.12 bits per heavy atom. The van der Waals surface area contributed by atoms with Crippen molar-refractivity contribution in [2.45, 2.75) is 33.4 Å². The molecule has 0 aliphatic heterocycles. The molecule has 2 N–H and O–H groups in total. The van der Waals surface area contributed by atoms with Gasteiger partial charge in [-0.2, -0.15) is 0 Å². The molecule has 0 saturated heterocycles. The van der Waals surface area contributed by atoms with Gasteiger partial charge in [0, 0.05) is 29.3 Å². The monoisotopic (exact) mass is 430 g/mol. The highest BCUT2D eigenvalue weighted by molar-refractivity contribution is 5.93. The number of ether oxygens (including phenoxy) is 2. The van der Waals surface area contributed by atoms with Gasteiger partial charge >= 0.3 is 5.97 Å². The van der Waals surface area contributed by atoms with Crippen LogP contribution in [-0.4, -0.2) is 17.6 Å². The molecular weight excluding hydrogens is 404 g/mol. The Balaban J connectivity index is 1.64. The number of fused-ring (bicyclic) bond motifs is 1. The predicted molar refractivity (Wildman–Crippen MR) is 123 cm³/mol. The quantitative estimate of drug-likeness (QED) is 0.398. The number of pyridine rings is 1. The highest BCUT2D eigenvalue weighted by Gasteiger charge is 2.14. The van der Waals surface area contributed by atoms with Crippen LogP contribution in [0.1, 0.15) is 29.5 Å². The Labute approximate surface area is 187 Å². The van der Waals surface area contributed by atoms with Crippen molar-refractivity contribution < 1.29 is 18.7 Å². The maximum absolute atomic E-state index is 11.9. The van der Waals surface area contributed by atoms with Gasteiger partial charge in [0.1, 0.15) is 23.7 Å². The molecule has 0 bridgehead atoms. The van der Waals surface area contributed by atoms with Gasteiger partial charge in [-0.25, -0.2) is 0 Å². The van der Waals surface area contributed by atoms with Crippen molar-refractivity contribution in [3.05, 3.63) is 83.4 Å². The van der Waals surface area contributed by atoms with Crippen LogP contribution in [0.25, 0.3) is 22.1 Å². The maximum atomic E-state index is 11.9. The first-order chi connectivity index (χ1) is 15.6. The van der Waals surface area contributed by atoms with Gasteiger partial charge < -0.3 is 19.6 Å². The lowest BCUT2D eigenvalue weighted by molar-refractivity contribution is -0.142. The molecule has 6 nitrogen and oxygen atoms in total. The van der Waals surface area contributed by atoms with Crippen LogP contribution in [0.15, 0.2) is 65.2 Å². The molecule has 0 fully saturated rings. The molecule has 164 valence electrons. The first-order valence-corrected chi connectivity index (χ1v) is 10.6. The van der Waals surface area contributed by atoms with Gasteiger partial charge in [-0.1, -0.05) is 18.2 Å². The number of nitrogens with two attached hydrogens (primary N) is 1. The first-order valence-electron chi connectivity index (χ1n) is 10.6. The van der Waals surface area contributed by atoms with E-state index >= 15 is 0 Å². The van der Waals surface area contributed by atoms with E-state index in [-0.39, 0.29) is 12.4 Å². The van der Waals surface area contributed by atoms with Crippen molar-refractivity contribution in [1.82, 2.24) is 4.98 Å². The van der Waals surface area contributed by atoms with E-state index in [9.17, 15) is 4.79 Å². The second-order valence-corrected chi connectivity index (χ2v) is 7.54. The van der Waals surface area contributed by atoms with Crippen molar-refractivity contribution in [3.8, 4) is 16.9 Å². The van der Waals surface area contributed by atoms with Crippen molar-refractivity contribution in [2.24, 2.45) is 5.73 Å². The molecule has 6 heteroatoms. The molecule has 4 aromatic rings. The van der Waals surface area contributed by atoms with Gasteiger partial charge in [-0.15, -0.1) is 0 Å². The van der Waals surface area contributed by atoms with Crippen LogP contribution in [0.2, 0.25) is 0 Å². The number of esters is 1. The van der Waals surface area contributed by atoms with E-state index in [1.807, 2.05) is 49.4 Å². The zero-order chi connectivity index (χ0) is 22.5. The van der Waals surface area contributed by atoms with Gasteiger partial charge in [0.25, 0.3) is 0 Å². The van der Waals surface area contributed by atoms with Crippen LogP contribution in [0.5, 0.6) is 5.75 Å². The SMILES string of the molecule is CCOC(=O)Cc1ccccc1OCc1cc(-c2ccnc(CN)c2)c2oc(C)cc2c1. The Hall–Kier alpha value is -3.64. The summed E-state index contributed by atoms with van der Waals surface area (Å²) < 4.78 is 17.2. The number of benzene rings is 2. The molecule has 2 heterocycles. The van der Waals surface area contributed by atoms with Crippen LogP contribution >= 0.6 is 0 Å². The van der Waals surface area contributed by atoms with E-state index in [4.69, 9.17) is 19.6 Å². The minimum Gasteiger partial charge on any atom is -0.489 e. The van der Waals surface area contributed by atoms with Crippen molar-refractivity contribution in [2.75, 3.05) is 6.61 Å². The Morgan fingerprint density at radius 2 is 1.97 bits per heavy atom. The topological polar surface area (TPSA) is 87.6 Å². The normalized spacial score (nSPS) is 11.0. The molecule has 4 rings (SSSR count). The number of aryl methyl sites for hydroxylation is 1. The number of carbonyl (C=O) groups is 1. The number of hydrogen-bond acceptors (Lipinski definition) is 6. The number of hydrogen-bond donors (Lipinski definition) is 1. The standard InChI is InChI=1S/C26H26N2O4/c1-3-30-25(29)14-20-6-4-5-7-24(20)31-16-18-11-21-10-17(2)32-26(21)23(12-18)19-8-9-28-22(13-19)15-27/h4-13H,3,14-16,27H2,1-2H3. The average Bonchev–Trinajstić information content (AvgIpc) is 3.18. The van der Waals surface area contributed by atoms with Crippen LogP contribution < -0.4 is 10.5 Å². The number of aromatic nitrogens is 1. The second kappa shape index (κ2) is 9.66. The van der Waals surface area contributed by atoms with Gasteiger partial charge in [-0.05, 0) is 61.4 Å². The fourth-order valence-electron chi connectivity index (χ4n) is 3.72. The van der Waals surface area contributed by atoms with Gasteiger partial charge in [0.2, 0.25) is 0 Å². The fourth-order valence-corrected chi connectivity index (χ4v) is 3.72. The third kappa shape index (κ3) is 4.81. The van der Waals surface area contributed by atoms with E-state index in [0.717, 1.165) is 44.7 Å². The molecule has 2 aromatic carbocycles. The number of carbonyl (C=O) groups excluding carboxylic acids is 1. The van der Waals surface area contributed by atoms with Gasteiger partial charge in [0.05, 0.1) is 18.7 Å². The second-order valence-electron chi connectivity index (χ2n) is 7.54. The van der Waals surface area contributed by atoms with Crippen molar-refractivity contribution in [1.29, 1.82) is 0 Å². The third-order valence-electron chi connectivity index (χ3n) is 5.14. The molecule has 0 radical (unpaired) electrons. The van der Waals surface area contributed by atoms with E-state index in [1.54, 1.807) is 13.1 Å². The minimum absolute atomic E-state index is 0.175. The van der Waals surface area contributed by atoms with Crippen LogP contribution in [0.4, 0.5) is 0 Å². The van der Waals surface area contributed by atoms with Crippen LogP contribution in [0, 0.1) is 6.92 Å². The third-order valence-corrected chi connectivity index (χ3v) is 5.14. The summed E-state index contributed by atoms with van der Waals surface area (Å²) in [5.74, 6) is 1.24. The zero-order valence-corrected chi connectivity index (χ0v) is 18.3. The summed E-state index contributed by atoms with van der Waals surface area (Å²) in [4.78, 5) is 16.2. The fraction of sp³-hybridized carbons (Fsp3) is 0.231.